The normalized spacial score (nSPS) is 10.5. The average molecular weight is 255 g/mol. The molecule has 1 aromatic heterocycles. The third-order valence-electron chi connectivity index (χ3n) is 2.11. The van der Waals surface area contributed by atoms with Gasteiger partial charge in [0.25, 0.3) is 5.69 Å². The topological polar surface area (TPSA) is 85.4 Å². The highest BCUT2D eigenvalue weighted by molar-refractivity contribution is 6.38. The van der Waals surface area contributed by atoms with Gasteiger partial charge >= 0.3 is 0 Å². The van der Waals surface area contributed by atoms with Crippen molar-refractivity contribution in [2.24, 2.45) is 0 Å². The lowest BCUT2D eigenvalue weighted by molar-refractivity contribution is -0.384. The minimum absolute atomic E-state index is 0.0884. The van der Waals surface area contributed by atoms with Gasteiger partial charge in [0.05, 0.1) is 4.92 Å². The second kappa shape index (κ2) is 4.06. The Kier molecular flexibility index (Phi) is 2.72. The Morgan fingerprint density at radius 2 is 2.24 bits per heavy atom. The van der Waals surface area contributed by atoms with E-state index in [4.69, 9.17) is 16.0 Å². The summed E-state index contributed by atoms with van der Waals surface area (Å²) >= 11 is 5.95. The first kappa shape index (κ1) is 11.4. The molecule has 7 heteroatoms. The second-order valence-electron chi connectivity index (χ2n) is 3.36. The number of rotatable bonds is 2. The van der Waals surface area contributed by atoms with Crippen LogP contribution in [0.3, 0.4) is 0 Å². The van der Waals surface area contributed by atoms with Crippen LogP contribution in [0.5, 0.6) is 0 Å². The Balaban J connectivity index is 2.58. The van der Waals surface area contributed by atoms with Crippen molar-refractivity contribution in [2.75, 3.05) is 5.32 Å². The minimum Gasteiger partial charge on any atom is -0.439 e. The maximum Gasteiger partial charge on any atom is 0.270 e. The average Bonchev–Trinajstić information content (AvgIpc) is 2.55. The monoisotopic (exact) mass is 254 g/mol. The molecule has 0 unspecified atom stereocenters. The number of non-ortho nitro benzene ring substituents is 1. The van der Waals surface area contributed by atoms with E-state index in [0.29, 0.717) is 11.0 Å². The number of nitrogens with zero attached hydrogens (tertiary/aromatic N) is 1. The Hall–Kier alpha value is -2.08. The van der Waals surface area contributed by atoms with Crippen molar-refractivity contribution in [3.8, 4) is 0 Å². The first-order chi connectivity index (χ1) is 7.99. The molecule has 88 valence electrons. The van der Waals surface area contributed by atoms with Gasteiger partial charge in [-0.25, -0.2) is 0 Å². The number of amides is 1. The Morgan fingerprint density at radius 1 is 1.53 bits per heavy atom. The van der Waals surface area contributed by atoms with E-state index in [1.54, 1.807) is 0 Å². The standard InChI is InChI=1S/C10H7ClN2O4/c1-5(14)12-10-9(11)7-4-6(13(15)16)2-3-8(7)17-10/h2-4H,1H3,(H,12,14). The fourth-order valence-corrected chi connectivity index (χ4v) is 1.64. The van der Waals surface area contributed by atoms with Crippen LogP contribution in [0.25, 0.3) is 11.0 Å². The molecule has 0 fully saturated rings. The molecule has 1 amide bonds. The molecule has 0 aliphatic carbocycles. The number of furan rings is 1. The number of benzene rings is 1. The van der Waals surface area contributed by atoms with E-state index in [9.17, 15) is 14.9 Å². The maximum atomic E-state index is 10.9. The predicted octanol–water partition coefficient (Wildman–Crippen LogP) is 2.95. The van der Waals surface area contributed by atoms with Gasteiger partial charge in [-0.2, -0.15) is 0 Å². The van der Waals surface area contributed by atoms with Crippen molar-refractivity contribution in [3.63, 3.8) is 0 Å². The van der Waals surface area contributed by atoms with Crippen LogP contribution in [0.4, 0.5) is 11.6 Å². The van der Waals surface area contributed by atoms with Crippen LogP contribution < -0.4 is 5.32 Å². The maximum absolute atomic E-state index is 10.9. The van der Waals surface area contributed by atoms with Gasteiger partial charge < -0.3 is 4.42 Å². The first-order valence-corrected chi connectivity index (χ1v) is 5.01. The SMILES string of the molecule is CC(=O)Nc1oc2ccc([N+](=O)[O-])cc2c1Cl. The van der Waals surface area contributed by atoms with Crippen LogP contribution in [0.15, 0.2) is 22.6 Å². The molecule has 1 aromatic carbocycles. The van der Waals surface area contributed by atoms with Gasteiger partial charge in [-0.15, -0.1) is 0 Å². The lowest BCUT2D eigenvalue weighted by Gasteiger charge is -1.95. The summed E-state index contributed by atoms with van der Waals surface area (Å²) in [4.78, 5) is 21.0. The number of halogens is 1. The summed E-state index contributed by atoms with van der Waals surface area (Å²) < 4.78 is 5.26. The number of nitrogens with one attached hydrogen (secondary N) is 1. The molecular weight excluding hydrogens is 248 g/mol. The summed E-state index contributed by atoms with van der Waals surface area (Å²) in [5.74, 6) is -0.241. The van der Waals surface area contributed by atoms with E-state index in [0.717, 1.165) is 0 Å². The van der Waals surface area contributed by atoms with Crippen molar-refractivity contribution >= 4 is 40.0 Å². The van der Waals surface area contributed by atoms with Crippen molar-refractivity contribution in [2.45, 2.75) is 6.92 Å². The fourth-order valence-electron chi connectivity index (χ4n) is 1.41. The van der Waals surface area contributed by atoms with Crippen molar-refractivity contribution in [3.05, 3.63) is 33.3 Å². The summed E-state index contributed by atoms with van der Waals surface area (Å²) in [6, 6.07) is 4.04. The number of carbonyl (C=O) groups is 1. The van der Waals surface area contributed by atoms with Crippen LogP contribution in [0.2, 0.25) is 5.02 Å². The molecule has 1 heterocycles. The van der Waals surface area contributed by atoms with Crippen molar-refractivity contribution < 1.29 is 14.1 Å². The Morgan fingerprint density at radius 3 is 2.82 bits per heavy atom. The van der Waals surface area contributed by atoms with Gasteiger partial charge in [-0.1, -0.05) is 11.6 Å². The van der Waals surface area contributed by atoms with E-state index in [-0.39, 0.29) is 22.5 Å². The zero-order chi connectivity index (χ0) is 12.6. The van der Waals surface area contributed by atoms with E-state index >= 15 is 0 Å². The van der Waals surface area contributed by atoms with Gasteiger partial charge in [0.2, 0.25) is 11.8 Å². The number of hydrogen-bond acceptors (Lipinski definition) is 4. The van der Waals surface area contributed by atoms with Gasteiger partial charge in [-0.05, 0) is 6.07 Å². The summed E-state index contributed by atoms with van der Waals surface area (Å²) in [7, 11) is 0. The molecule has 0 radical (unpaired) electrons. The molecule has 0 aliphatic rings. The molecule has 2 rings (SSSR count). The summed E-state index contributed by atoms with van der Waals surface area (Å²) in [5, 5.41) is 13.6. The third-order valence-corrected chi connectivity index (χ3v) is 2.49. The molecule has 0 saturated heterocycles. The van der Waals surface area contributed by atoms with E-state index in [2.05, 4.69) is 5.32 Å². The van der Waals surface area contributed by atoms with E-state index in [1.165, 1.54) is 25.1 Å². The summed E-state index contributed by atoms with van der Waals surface area (Å²) in [5.41, 5.74) is 0.291. The molecule has 0 aliphatic heterocycles. The lowest BCUT2D eigenvalue weighted by atomic mass is 10.2. The molecule has 0 saturated carbocycles. The van der Waals surface area contributed by atoms with E-state index < -0.39 is 4.92 Å². The molecule has 17 heavy (non-hydrogen) atoms. The Bertz CT molecular complexity index is 620. The number of nitro benzene ring substituents is 1. The predicted molar refractivity (Wildman–Crippen MR) is 62.2 cm³/mol. The van der Waals surface area contributed by atoms with E-state index in [1.807, 2.05) is 0 Å². The minimum atomic E-state index is -0.527. The quantitative estimate of drug-likeness (QED) is 0.659. The number of fused-ring (bicyclic) bond motifs is 1. The molecule has 0 spiro atoms. The largest absolute Gasteiger partial charge is 0.439 e. The smallest absolute Gasteiger partial charge is 0.270 e. The number of nitro groups is 1. The zero-order valence-electron chi connectivity index (χ0n) is 8.69. The number of hydrogen-bond donors (Lipinski definition) is 1. The molecule has 0 bridgehead atoms. The zero-order valence-corrected chi connectivity index (χ0v) is 9.45. The van der Waals surface area contributed by atoms with Crippen LogP contribution in [0, 0.1) is 10.1 Å². The molecule has 0 atom stereocenters. The molecular formula is C10H7ClN2O4. The van der Waals surface area contributed by atoms with Crippen LogP contribution in [0.1, 0.15) is 6.92 Å². The molecule has 1 N–H and O–H groups in total. The van der Waals surface area contributed by atoms with Gasteiger partial charge in [0.15, 0.2) is 0 Å². The first-order valence-electron chi connectivity index (χ1n) is 4.63. The van der Waals surface area contributed by atoms with Crippen LogP contribution in [-0.4, -0.2) is 10.8 Å². The van der Waals surface area contributed by atoms with Gasteiger partial charge in [-0.3, -0.25) is 20.2 Å². The van der Waals surface area contributed by atoms with Crippen LogP contribution in [-0.2, 0) is 4.79 Å². The fraction of sp³-hybridized carbons (Fsp3) is 0.100. The number of anilines is 1. The summed E-state index contributed by atoms with van der Waals surface area (Å²) in [6.07, 6.45) is 0. The number of carbonyl (C=O) groups excluding carboxylic acids is 1. The lowest BCUT2D eigenvalue weighted by Crippen LogP contribution is -2.04. The Labute approximate surface area is 100 Å². The van der Waals surface area contributed by atoms with Crippen molar-refractivity contribution in [1.82, 2.24) is 0 Å². The highest BCUT2D eigenvalue weighted by Gasteiger charge is 2.16. The van der Waals surface area contributed by atoms with Crippen molar-refractivity contribution in [1.29, 1.82) is 0 Å². The molecule has 2 aromatic rings. The second-order valence-corrected chi connectivity index (χ2v) is 3.74. The van der Waals surface area contributed by atoms with Gasteiger partial charge in [0.1, 0.15) is 10.6 Å². The highest BCUT2D eigenvalue weighted by atomic mass is 35.5. The highest BCUT2D eigenvalue weighted by Crippen LogP contribution is 2.36. The third kappa shape index (κ3) is 2.07. The van der Waals surface area contributed by atoms with Gasteiger partial charge in [0, 0.05) is 24.4 Å². The van der Waals surface area contributed by atoms with Crippen LogP contribution >= 0.6 is 11.6 Å². The summed E-state index contributed by atoms with van der Waals surface area (Å²) in [6.45, 7) is 1.31. The molecule has 6 nitrogen and oxygen atoms in total.